The molecule has 4 nitrogen and oxygen atoms in total. The normalized spacial score (nSPS) is 12.6. The number of ether oxygens (including phenoxy) is 1. The van der Waals surface area contributed by atoms with E-state index in [0.29, 0.717) is 6.42 Å². The van der Waals surface area contributed by atoms with E-state index < -0.39 is 0 Å². The number of nitrogens with one attached hydrogen (secondary N) is 1. The van der Waals surface area contributed by atoms with Gasteiger partial charge in [0, 0.05) is 6.04 Å². The van der Waals surface area contributed by atoms with E-state index in [9.17, 15) is 4.79 Å². The molecule has 132 valence electrons. The fourth-order valence-electron chi connectivity index (χ4n) is 2.61. The second-order valence-electron chi connectivity index (χ2n) is 6.50. The lowest BCUT2D eigenvalue weighted by Gasteiger charge is -2.18. The second-order valence-corrected chi connectivity index (χ2v) is 6.50. The Bertz CT molecular complexity index is 257. The van der Waals surface area contributed by atoms with Crippen molar-refractivity contribution in [2.75, 3.05) is 34.3 Å². The highest BCUT2D eigenvalue weighted by molar-refractivity contribution is 5.69. The molecule has 0 bridgehead atoms. The molecule has 0 saturated carbocycles. The zero-order chi connectivity index (χ0) is 16.6. The van der Waals surface area contributed by atoms with Crippen molar-refractivity contribution in [3.63, 3.8) is 0 Å². The molecule has 0 saturated heterocycles. The van der Waals surface area contributed by atoms with Crippen LogP contribution >= 0.6 is 0 Å². The summed E-state index contributed by atoms with van der Waals surface area (Å²) in [6.07, 6.45) is 11.9. The van der Waals surface area contributed by atoms with Crippen molar-refractivity contribution >= 4 is 5.97 Å². The fourth-order valence-corrected chi connectivity index (χ4v) is 2.61. The van der Waals surface area contributed by atoms with Gasteiger partial charge in [-0.1, -0.05) is 51.9 Å². The molecule has 0 radical (unpaired) electrons. The van der Waals surface area contributed by atoms with Crippen LogP contribution in [0.2, 0.25) is 0 Å². The Morgan fingerprint density at radius 3 is 2.27 bits per heavy atom. The number of methoxy groups -OCH3 is 1. The number of esters is 1. The smallest absolute Gasteiger partial charge is 0.307 e. The van der Waals surface area contributed by atoms with E-state index in [4.69, 9.17) is 4.74 Å². The molecule has 1 atom stereocenters. The van der Waals surface area contributed by atoms with E-state index in [-0.39, 0.29) is 12.0 Å². The van der Waals surface area contributed by atoms with Gasteiger partial charge in [0.05, 0.1) is 13.5 Å². The minimum Gasteiger partial charge on any atom is -0.469 e. The maximum atomic E-state index is 11.5. The van der Waals surface area contributed by atoms with Crippen LogP contribution in [0, 0.1) is 0 Å². The molecule has 0 aliphatic heterocycles. The maximum absolute atomic E-state index is 11.5. The van der Waals surface area contributed by atoms with Gasteiger partial charge in [-0.3, -0.25) is 4.79 Å². The minimum absolute atomic E-state index is 0.104. The zero-order valence-electron chi connectivity index (χ0n) is 15.3. The lowest BCUT2D eigenvalue weighted by molar-refractivity contribution is -0.141. The van der Waals surface area contributed by atoms with Crippen molar-refractivity contribution in [2.45, 2.75) is 77.2 Å². The van der Waals surface area contributed by atoms with Crippen LogP contribution in [0.3, 0.4) is 0 Å². The Labute approximate surface area is 138 Å². The summed E-state index contributed by atoms with van der Waals surface area (Å²) in [6, 6.07) is 0.269. The summed E-state index contributed by atoms with van der Waals surface area (Å²) in [4.78, 5) is 13.7. The van der Waals surface area contributed by atoms with Gasteiger partial charge in [-0.05, 0) is 40.0 Å². The third-order valence-electron chi connectivity index (χ3n) is 4.01. The van der Waals surface area contributed by atoms with Crippen LogP contribution in [0.5, 0.6) is 0 Å². The average Bonchev–Trinajstić information content (AvgIpc) is 2.49. The van der Waals surface area contributed by atoms with Crippen LogP contribution in [-0.2, 0) is 9.53 Å². The van der Waals surface area contributed by atoms with E-state index in [2.05, 4.69) is 31.2 Å². The van der Waals surface area contributed by atoms with Crippen molar-refractivity contribution in [3.8, 4) is 0 Å². The summed E-state index contributed by atoms with van der Waals surface area (Å²) in [6.45, 7) is 4.30. The van der Waals surface area contributed by atoms with Crippen molar-refractivity contribution < 1.29 is 9.53 Å². The Morgan fingerprint density at radius 1 is 1.05 bits per heavy atom. The van der Waals surface area contributed by atoms with Gasteiger partial charge in [-0.2, -0.15) is 0 Å². The number of carbonyl (C=O) groups excluding carboxylic acids is 1. The SMILES string of the molecule is CCCCCCCCCC(CC(=O)OC)NCCCN(C)C. The highest BCUT2D eigenvalue weighted by atomic mass is 16.5. The predicted octanol–water partition coefficient (Wildman–Crippen LogP) is 3.60. The highest BCUT2D eigenvalue weighted by Crippen LogP contribution is 2.11. The summed E-state index contributed by atoms with van der Waals surface area (Å²) in [7, 11) is 5.65. The van der Waals surface area contributed by atoms with Gasteiger partial charge >= 0.3 is 5.97 Å². The first-order valence-corrected chi connectivity index (χ1v) is 9.05. The second kappa shape index (κ2) is 15.3. The van der Waals surface area contributed by atoms with Crippen molar-refractivity contribution in [1.29, 1.82) is 0 Å². The first-order valence-electron chi connectivity index (χ1n) is 9.05. The fraction of sp³-hybridized carbons (Fsp3) is 0.944. The molecule has 0 amide bonds. The molecule has 0 aromatic heterocycles. The predicted molar refractivity (Wildman–Crippen MR) is 94.2 cm³/mol. The Balaban J connectivity index is 3.80. The largest absolute Gasteiger partial charge is 0.469 e. The van der Waals surface area contributed by atoms with E-state index in [1.807, 2.05) is 0 Å². The maximum Gasteiger partial charge on any atom is 0.307 e. The topological polar surface area (TPSA) is 41.6 Å². The molecule has 0 aliphatic carbocycles. The van der Waals surface area contributed by atoms with E-state index in [0.717, 1.165) is 25.9 Å². The number of nitrogens with zero attached hydrogens (tertiary/aromatic N) is 1. The molecular weight excluding hydrogens is 276 g/mol. The van der Waals surface area contributed by atoms with E-state index >= 15 is 0 Å². The minimum atomic E-state index is -0.104. The first-order chi connectivity index (χ1) is 10.6. The summed E-state index contributed by atoms with van der Waals surface area (Å²) in [5.74, 6) is -0.104. The molecule has 1 N–H and O–H groups in total. The molecule has 4 heteroatoms. The van der Waals surface area contributed by atoms with Gasteiger partial charge in [-0.15, -0.1) is 0 Å². The van der Waals surface area contributed by atoms with Crippen LogP contribution in [0.4, 0.5) is 0 Å². The summed E-state index contributed by atoms with van der Waals surface area (Å²) >= 11 is 0. The number of rotatable bonds is 15. The number of hydrogen-bond acceptors (Lipinski definition) is 4. The molecule has 0 rings (SSSR count). The van der Waals surface area contributed by atoms with Crippen molar-refractivity contribution in [1.82, 2.24) is 10.2 Å². The van der Waals surface area contributed by atoms with Crippen molar-refractivity contribution in [3.05, 3.63) is 0 Å². The third-order valence-corrected chi connectivity index (χ3v) is 4.01. The zero-order valence-corrected chi connectivity index (χ0v) is 15.3. The van der Waals surface area contributed by atoms with Crippen molar-refractivity contribution in [2.24, 2.45) is 0 Å². The molecule has 0 aromatic rings. The third kappa shape index (κ3) is 14.3. The van der Waals surface area contributed by atoms with E-state index in [1.165, 1.54) is 52.1 Å². The van der Waals surface area contributed by atoms with Gasteiger partial charge in [0.25, 0.3) is 0 Å². The first kappa shape index (κ1) is 21.4. The average molecular weight is 315 g/mol. The van der Waals surface area contributed by atoms with Gasteiger partial charge in [0.1, 0.15) is 0 Å². The van der Waals surface area contributed by atoms with E-state index in [1.54, 1.807) is 0 Å². The van der Waals surface area contributed by atoms with Crippen LogP contribution in [-0.4, -0.2) is 51.2 Å². The summed E-state index contributed by atoms with van der Waals surface area (Å²) < 4.78 is 4.81. The summed E-state index contributed by atoms with van der Waals surface area (Å²) in [5.41, 5.74) is 0. The summed E-state index contributed by atoms with van der Waals surface area (Å²) in [5, 5.41) is 3.52. The molecule has 0 aliphatic rings. The van der Waals surface area contributed by atoms with Crippen LogP contribution in [0.1, 0.15) is 71.1 Å². The molecule has 0 fully saturated rings. The number of unbranched alkanes of at least 4 members (excludes halogenated alkanes) is 6. The molecule has 22 heavy (non-hydrogen) atoms. The Morgan fingerprint density at radius 2 is 1.68 bits per heavy atom. The van der Waals surface area contributed by atoms with Gasteiger partial charge in [0.15, 0.2) is 0 Å². The van der Waals surface area contributed by atoms with Gasteiger partial charge in [-0.25, -0.2) is 0 Å². The molecule has 0 spiro atoms. The quantitative estimate of drug-likeness (QED) is 0.370. The standard InChI is InChI=1S/C18H38N2O2/c1-5-6-7-8-9-10-11-13-17(16-18(21)22-4)19-14-12-15-20(2)3/h17,19H,5-16H2,1-4H3. The highest BCUT2D eigenvalue weighted by Gasteiger charge is 2.13. The lowest BCUT2D eigenvalue weighted by Crippen LogP contribution is -2.33. The molecule has 0 aromatic carbocycles. The van der Waals surface area contributed by atoms with Crippen LogP contribution in [0.25, 0.3) is 0 Å². The van der Waals surface area contributed by atoms with Gasteiger partial charge < -0.3 is 15.0 Å². The molecule has 0 heterocycles. The number of hydrogen-bond donors (Lipinski definition) is 1. The van der Waals surface area contributed by atoms with Crippen LogP contribution in [0.15, 0.2) is 0 Å². The monoisotopic (exact) mass is 314 g/mol. The van der Waals surface area contributed by atoms with Gasteiger partial charge in [0.2, 0.25) is 0 Å². The molecular formula is C18H38N2O2. The number of carbonyl (C=O) groups is 1. The van der Waals surface area contributed by atoms with Crippen LogP contribution < -0.4 is 5.32 Å². The lowest BCUT2D eigenvalue weighted by atomic mass is 10.0. The Kier molecular flexibility index (Phi) is 14.9. The molecule has 1 unspecified atom stereocenters. The Hall–Kier alpha value is -0.610.